The van der Waals surface area contributed by atoms with Gasteiger partial charge in [-0.15, -0.1) is 22.0 Å². The summed E-state index contributed by atoms with van der Waals surface area (Å²) < 4.78 is 0.670. The Kier molecular flexibility index (Phi) is 7.03. The molecule has 1 aliphatic heterocycles. The van der Waals surface area contributed by atoms with Crippen molar-refractivity contribution in [1.29, 1.82) is 0 Å². The third-order valence-corrected chi connectivity index (χ3v) is 7.47. The van der Waals surface area contributed by atoms with Crippen molar-refractivity contribution in [2.24, 2.45) is 0 Å². The molecule has 2 aromatic carbocycles. The van der Waals surface area contributed by atoms with E-state index in [1.54, 1.807) is 11.8 Å². The highest BCUT2D eigenvalue weighted by atomic mass is 32.2. The molecule has 0 radical (unpaired) electrons. The van der Waals surface area contributed by atoms with Crippen molar-refractivity contribution in [1.82, 2.24) is 10.2 Å². The van der Waals surface area contributed by atoms with Crippen LogP contribution in [0.3, 0.4) is 0 Å². The van der Waals surface area contributed by atoms with Crippen LogP contribution in [0.25, 0.3) is 0 Å². The van der Waals surface area contributed by atoms with Crippen molar-refractivity contribution >= 4 is 57.5 Å². The molecule has 3 aromatic rings. The summed E-state index contributed by atoms with van der Waals surface area (Å²) in [4.78, 5) is 26.5. The molecule has 30 heavy (non-hydrogen) atoms. The standard InChI is InChI=1S/C21H20N4O2S3/c26-18(13-28-12-15-6-2-1-3-7-15)22-20-23-24-21(30-20)29-14-19(27)25-11-10-16-8-4-5-9-17(16)25/h1-9H,10-14H2,(H,22,23,26). The number of aromatic nitrogens is 2. The van der Waals surface area contributed by atoms with E-state index < -0.39 is 0 Å². The topological polar surface area (TPSA) is 75.2 Å². The van der Waals surface area contributed by atoms with Gasteiger partial charge in [0.15, 0.2) is 4.34 Å². The average Bonchev–Trinajstić information content (AvgIpc) is 3.39. The number of para-hydroxylation sites is 1. The number of thioether (sulfide) groups is 2. The maximum atomic E-state index is 12.6. The van der Waals surface area contributed by atoms with Crippen molar-refractivity contribution in [3.63, 3.8) is 0 Å². The van der Waals surface area contributed by atoms with Gasteiger partial charge in [-0.25, -0.2) is 0 Å². The van der Waals surface area contributed by atoms with Crippen LogP contribution in [0.4, 0.5) is 10.8 Å². The first kappa shape index (κ1) is 20.9. The van der Waals surface area contributed by atoms with Crippen LogP contribution < -0.4 is 10.2 Å². The highest BCUT2D eigenvalue weighted by molar-refractivity contribution is 8.01. The van der Waals surface area contributed by atoms with Crippen LogP contribution in [0.15, 0.2) is 58.9 Å². The molecule has 0 aliphatic carbocycles. The number of fused-ring (bicyclic) bond motifs is 1. The normalized spacial score (nSPS) is 12.6. The molecule has 0 unspecified atom stereocenters. The highest BCUT2D eigenvalue weighted by Gasteiger charge is 2.24. The second-order valence-corrected chi connectivity index (χ2v) is 9.80. The Morgan fingerprint density at radius 1 is 1.03 bits per heavy atom. The molecule has 1 aromatic heterocycles. The number of anilines is 2. The van der Waals surface area contributed by atoms with Crippen LogP contribution in [-0.2, 0) is 21.8 Å². The van der Waals surface area contributed by atoms with Gasteiger partial charge in [-0.1, -0.05) is 71.6 Å². The maximum Gasteiger partial charge on any atom is 0.237 e. The lowest BCUT2D eigenvalue weighted by Crippen LogP contribution is -2.30. The van der Waals surface area contributed by atoms with Crippen LogP contribution in [0, 0.1) is 0 Å². The highest BCUT2D eigenvalue weighted by Crippen LogP contribution is 2.30. The third-order valence-electron chi connectivity index (χ3n) is 4.50. The number of carbonyl (C=O) groups excluding carboxylic acids is 2. The SMILES string of the molecule is O=C(CSCc1ccccc1)Nc1nnc(SCC(=O)N2CCc3ccccc32)s1. The summed E-state index contributed by atoms with van der Waals surface area (Å²) in [5, 5.41) is 11.3. The van der Waals surface area contributed by atoms with Gasteiger partial charge in [0.25, 0.3) is 0 Å². The van der Waals surface area contributed by atoms with Crippen molar-refractivity contribution in [2.75, 3.05) is 28.3 Å². The van der Waals surface area contributed by atoms with Gasteiger partial charge < -0.3 is 4.90 Å². The average molecular weight is 457 g/mol. The molecule has 0 spiro atoms. The molecule has 0 atom stereocenters. The summed E-state index contributed by atoms with van der Waals surface area (Å²) in [5.41, 5.74) is 3.40. The largest absolute Gasteiger partial charge is 0.311 e. The molecule has 0 saturated carbocycles. The van der Waals surface area contributed by atoms with Crippen molar-refractivity contribution in [3.8, 4) is 0 Å². The minimum Gasteiger partial charge on any atom is -0.311 e. The number of amides is 2. The molecule has 4 rings (SSSR count). The molecule has 0 fully saturated rings. The lowest BCUT2D eigenvalue weighted by atomic mass is 10.2. The monoisotopic (exact) mass is 456 g/mol. The Hall–Kier alpha value is -2.36. The van der Waals surface area contributed by atoms with Crippen LogP contribution in [0.1, 0.15) is 11.1 Å². The maximum absolute atomic E-state index is 12.6. The minimum absolute atomic E-state index is 0.0584. The zero-order chi connectivity index (χ0) is 20.8. The molecule has 1 N–H and O–H groups in total. The molecule has 1 aliphatic rings. The number of nitrogens with one attached hydrogen (secondary N) is 1. The van der Waals surface area contributed by atoms with Gasteiger partial charge in [0, 0.05) is 18.0 Å². The molecule has 9 heteroatoms. The minimum atomic E-state index is -0.103. The van der Waals surface area contributed by atoms with Crippen LogP contribution in [0.2, 0.25) is 0 Å². The fourth-order valence-electron chi connectivity index (χ4n) is 3.11. The summed E-state index contributed by atoms with van der Waals surface area (Å²) >= 11 is 4.19. The van der Waals surface area contributed by atoms with E-state index in [1.165, 1.54) is 34.2 Å². The molecule has 2 amide bonds. The van der Waals surface area contributed by atoms with E-state index >= 15 is 0 Å². The van der Waals surface area contributed by atoms with E-state index in [4.69, 9.17) is 0 Å². The first-order valence-corrected chi connectivity index (χ1v) is 12.4. The van der Waals surface area contributed by atoms with Crippen molar-refractivity contribution in [2.45, 2.75) is 16.5 Å². The number of nitrogens with zero attached hydrogens (tertiary/aromatic N) is 3. The zero-order valence-electron chi connectivity index (χ0n) is 16.1. The van der Waals surface area contributed by atoms with Gasteiger partial charge in [0.2, 0.25) is 16.9 Å². The number of benzene rings is 2. The zero-order valence-corrected chi connectivity index (χ0v) is 18.6. The predicted molar refractivity (Wildman–Crippen MR) is 124 cm³/mol. The van der Waals surface area contributed by atoms with Gasteiger partial charge in [-0.2, -0.15) is 0 Å². The van der Waals surface area contributed by atoms with E-state index in [0.717, 1.165) is 24.4 Å². The van der Waals surface area contributed by atoms with Gasteiger partial charge in [0.05, 0.1) is 11.5 Å². The summed E-state index contributed by atoms with van der Waals surface area (Å²) in [6.45, 7) is 0.719. The first-order valence-electron chi connectivity index (χ1n) is 9.45. The van der Waals surface area contributed by atoms with Gasteiger partial charge >= 0.3 is 0 Å². The van der Waals surface area contributed by atoms with Gasteiger partial charge in [0.1, 0.15) is 0 Å². The summed E-state index contributed by atoms with van der Waals surface area (Å²) in [6, 6.07) is 18.0. The molecule has 6 nitrogen and oxygen atoms in total. The van der Waals surface area contributed by atoms with Gasteiger partial charge in [-0.05, 0) is 23.6 Å². The van der Waals surface area contributed by atoms with Crippen LogP contribution >= 0.6 is 34.9 Å². The summed E-state index contributed by atoms with van der Waals surface area (Å²) in [5.74, 6) is 1.39. The van der Waals surface area contributed by atoms with E-state index in [0.29, 0.717) is 21.0 Å². The fourth-order valence-corrected chi connectivity index (χ4v) is 5.54. The molecule has 154 valence electrons. The molecule has 0 bridgehead atoms. The molecular formula is C21H20N4O2S3. The predicted octanol–water partition coefficient (Wildman–Crippen LogP) is 4.09. The second-order valence-electron chi connectivity index (χ2n) is 6.61. The van der Waals surface area contributed by atoms with Crippen LogP contribution in [-0.4, -0.2) is 40.1 Å². The molecule has 2 heterocycles. The molecule has 0 saturated heterocycles. The van der Waals surface area contributed by atoms with Gasteiger partial charge in [-0.3, -0.25) is 14.9 Å². The Labute approximate surface area is 187 Å². The third kappa shape index (κ3) is 5.41. The quantitative estimate of drug-likeness (QED) is 0.406. The number of carbonyl (C=O) groups is 2. The lowest BCUT2D eigenvalue weighted by Gasteiger charge is -2.16. The Morgan fingerprint density at radius 2 is 1.83 bits per heavy atom. The molecular weight excluding hydrogens is 436 g/mol. The Morgan fingerprint density at radius 3 is 2.70 bits per heavy atom. The number of hydrogen-bond donors (Lipinski definition) is 1. The smallest absolute Gasteiger partial charge is 0.237 e. The fraction of sp³-hybridized carbons (Fsp3) is 0.238. The van der Waals surface area contributed by atoms with Crippen molar-refractivity contribution < 1.29 is 9.59 Å². The first-order chi connectivity index (χ1) is 14.7. The van der Waals surface area contributed by atoms with E-state index in [-0.39, 0.29) is 11.8 Å². The number of rotatable bonds is 8. The summed E-state index contributed by atoms with van der Waals surface area (Å²) in [6.07, 6.45) is 0.893. The lowest BCUT2D eigenvalue weighted by molar-refractivity contribution is -0.116. The van der Waals surface area contributed by atoms with E-state index in [2.05, 4.69) is 21.6 Å². The van der Waals surface area contributed by atoms with E-state index in [1.807, 2.05) is 53.4 Å². The second kappa shape index (κ2) is 10.1. The Bertz CT molecular complexity index is 1030. The summed E-state index contributed by atoms with van der Waals surface area (Å²) in [7, 11) is 0. The Balaban J connectivity index is 1.21. The van der Waals surface area contributed by atoms with Crippen LogP contribution in [0.5, 0.6) is 0 Å². The number of hydrogen-bond acceptors (Lipinski definition) is 7. The van der Waals surface area contributed by atoms with E-state index in [9.17, 15) is 9.59 Å². The van der Waals surface area contributed by atoms with Crippen molar-refractivity contribution in [3.05, 3.63) is 65.7 Å².